The van der Waals surface area contributed by atoms with E-state index in [4.69, 9.17) is 0 Å². The number of hydrogen-bond donors (Lipinski definition) is 1. The minimum Gasteiger partial charge on any atom is -0.390 e. The molecule has 0 unspecified atom stereocenters. The molecule has 0 aromatic heterocycles. The van der Waals surface area contributed by atoms with Crippen molar-refractivity contribution in [1.29, 1.82) is 0 Å². The molecule has 0 aliphatic heterocycles. The lowest BCUT2D eigenvalue weighted by Gasteiger charge is -2.30. The van der Waals surface area contributed by atoms with Crippen LogP contribution in [0.4, 0.5) is 0 Å². The van der Waals surface area contributed by atoms with Crippen molar-refractivity contribution in [3.8, 4) is 0 Å². The van der Waals surface area contributed by atoms with Gasteiger partial charge >= 0.3 is 0 Å². The second-order valence-electron chi connectivity index (χ2n) is 3.87. The van der Waals surface area contributed by atoms with E-state index in [-0.39, 0.29) is 5.60 Å². The van der Waals surface area contributed by atoms with Gasteiger partial charge in [-0.3, -0.25) is 0 Å². The first-order valence-electron chi connectivity index (χ1n) is 5.14. The third kappa shape index (κ3) is 2.98. The van der Waals surface area contributed by atoms with Crippen LogP contribution in [0.3, 0.4) is 0 Å². The van der Waals surface area contributed by atoms with Gasteiger partial charge in [0, 0.05) is 0 Å². The molecule has 1 nitrogen and oxygen atoms in total. The zero-order chi connectivity index (χ0) is 8.86. The summed E-state index contributed by atoms with van der Waals surface area (Å²) in [4.78, 5) is 0. The largest absolute Gasteiger partial charge is 0.390 e. The van der Waals surface area contributed by atoms with Crippen molar-refractivity contribution in [2.45, 2.75) is 57.5 Å². The first-order valence-corrected chi connectivity index (χ1v) is 5.14. The molecule has 0 aromatic carbocycles. The summed E-state index contributed by atoms with van der Waals surface area (Å²) in [6.07, 6.45) is 11.9. The average molecular weight is 168 g/mol. The maximum absolute atomic E-state index is 10.0. The predicted octanol–water partition coefficient (Wildman–Crippen LogP) is 3.04. The van der Waals surface area contributed by atoms with Crippen LogP contribution < -0.4 is 0 Å². The van der Waals surface area contributed by atoms with Gasteiger partial charge in [0.15, 0.2) is 0 Å². The summed E-state index contributed by atoms with van der Waals surface area (Å²) in [6, 6.07) is 0. The molecule has 0 spiro atoms. The smallest absolute Gasteiger partial charge is 0.0682 e. The van der Waals surface area contributed by atoms with E-state index in [1.54, 1.807) is 0 Å². The molecule has 1 aliphatic rings. The van der Waals surface area contributed by atoms with E-state index >= 15 is 0 Å². The highest BCUT2D eigenvalue weighted by Crippen LogP contribution is 2.30. The van der Waals surface area contributed by atoms with Gasteiger partial charge in [-0.25, -0.2) is 0 Å². The van der Waals surface area contributed by atoms with E-state index in [9.17, 15) is 5.11 Å². The topological polar surface area (TPSA) is 20.2 Å². The molecule has 0 radical (unpaired) electrons. The second-order valence-corrected chi connectivity index (χ2v) is 3.87. The molecular formula is C11H20O. The lowest BCUT2D eigenvalue weighted by atomic mass is 9.82. The van der Waals surface area contributed by atoms with Gasteiger partial charge in [-0.2, -0.15) is 0 Å². The minimum atomic E-state index is -0.357. The monoisotopic (exact) mass is 168 g/mol. The number of rotatable bonds is 3. The van der Waals surface area contributed by atoms with Crippen LogP contribution in [0.15, 0.2) is 12.2 Å². The fourth-order valence-corrected chi connectivity index (χ4v) is 1.88. The van der Waals surface area contributed by atoms with Crippen LogP contribution in [-0.4, -0.2) is 10.7 Å². The van der Waals surface area contributed by atoms with Gasteiger partial charge in [0.2, 0.25) is 0 Å². The standard InChI is InChI=1S/C11H20O/c1-2-3-5-8-11(12)9-6-4-7-10-11/h3,5,12H,2,4,6-10H2,1H3. The summed E-state index contributed by atoms with van der Waals surface area (Å²) < 4.78 is 0. The van der Waals surface area contributed by atoms with Gasteiger partial charge in [-0.05, 0) is 25.7 Å². The first-order chi connectivity index (χ1) is 5.77. The van der Waals surface area contributed by atoms with Gasteiger partial charge in [-0.15, -0.1) is 0 Å². The van der Waals surface area contributed by atoms with Crippen molar-refractivity contribution in [2.75, 3.05) is 0 Å². The molecule has 0 saturated heterocycles. The Morgan fingerprint density at radius 1 is 1.17 bits per heavy atom. The lowest BCUT2D eigenvalue weighted by Crippen LogP contribution is -2.30. The van der Waals surface area contributed by atoms with Crippen LogP contribution in [0.25, 0.3) is 0 Å². The Balaban J connectivity index is 2.31. The van der Waals surface area contributed by atoms with Crippen LogP contribution in [0.5, 0.6) is 0 Å². The zero-order valence-corrected chi connectivity index (χ0v) is 8.05. The van der Waals surface area contributed by atoms with Gasteiger partial charge in [-0.1, -0.05) is 38.3 Å². The molecule has 1 rings (SSSR count). The lowest BCUT2D eigenvalue weighted by molar-refractivity contribution is 0.00691. The van der Waals surface area contributed by atoms with E-state index in [0.717, 1.165) is 25.7 Å². The number of aliphatic hydroxyl groups is 1. The summed E-state index contributed by atoms with van der Waals surface area (Å²) in [5.41, 5.74) is -0.357. The molecule has 0 amide bonds. The molecule has 1 heteroatoms. The van der Waals surface area contributed by atoms with Gasteiger partial charge < -0.3 is 5.11 Å². The van der Waals surface area contributed by atoms with Crippen molar-refractivity contribution < 1.29 is 5.11 Å². The summed E-state index contributed by atoms with van der Waals surface area (Å²) in [5, 5.41) is 10.0. The summed E-state index contributed by atoms with van der Waals surface area (Å²) in [5.74, 6) is 0. The highest BCUT2D eigenvalue weighted by molar-refractivity contribution is 4.92. The Hall–Kier alpha value is -0.300. The Labute approximate surface area is 75.5 Å². The van der Waals surface area contributed by atoms with Gasteiger partial charge in [0.05, 0.1) is 5.60 Å². The molecular weight excluding hydrogens is 148 g/mol. The van der Waals surface area contributed by atoms with E-state index in [0.29, 0.717) is 0 Å². The normalized spacial score (nSPS) is 23.2. The Morgan fingerprint density at radius 2 is 1.83 bits per heavy atom. The molecule has 1 aliphatic carbocycles. The quantitative estimate of drug-likeness (QED) is 0.642. The number of allylic oxidation sites excluding steroid dienone is 1. The molecule has 1 fully saturated rings. The Bertz CT molecular complexity index is 143. The van der Waals surface area contributed by atoms with Crippen molar-refractivity contribution >= 4 is 0 Å². The van der Waals surface area contributed by atoms with E-state index in [1.807, 2.05) is 0 Å². The zero-order valence-electron chi connectivity index (χ0n) is 8.05. The van der Waals surface area contributed by atoms with Crippen molar-refractivity contribution in [3.05, 3.63) is 12.2 Å². The highest BCUT2D eigenvalue weighted by Gasteiger charge is 2.27. The predicted molar refractivity (Wildman–Crippen MR) is 52.1 cm³/mol. The number of hydrogen-bond acceptors (Lipinski definition) is 1. The van der Waals surface area contributed by atoms with E-state index in [1.165, 1.54) is 19.3 Å². The first kappa shape index (κ1) is 9.79. The van der Waals surface area contributed by atoms with Crippen LogP contribution in [0, 0.1) is 0 Å². The molecule has 1 saturated carbocycles. The SMILES string of the molecule is CCC=CCC1(O)CCCCC1. The van der Waals surface area contributed by atoms with Crippen LogP contribution in [0.1, 0.15) is 51.9 Å². The molecule has 70 valence electrons. The average Bonchev–Trinajstić information content (AvgIpc) is 2.06. The third-order valence-corrected chi connectivity index (χ3v) is 2.68. The van der Waals surface area contributed by atoms with E-state index < -0.39 is 0 Å². The van der Waals surface area contributed by atoms with Crippen molar-refractivity contribution in [2.24, 2.45) is 0 Å². The second kappa shape index (κ2) is 4.66. The highest BCUT2D eigenvalue weighted by atomic mass is 16.3. The van der Waals surface area contributed by atoms with E-state index in [2.05, 4.69) is 19.1 Å². The van der Waals surface area contributed by atoms with Crippen LogP contribution >= 0.6 is 0 Å². The molecule has 0 heterocycles. The molecule has 0 atom stereocenters. The van der Waals surface area contributed by atoms with Crippen molar-refractivity contribution in [3.63, 3.8) is 0 Å². The minimum absolute atomic E-state index is 0.357. The van der Waals surface area contributed by atoms with Crippen molar-refractivity contribution in [1.82, 2.24) is 0 Å². The Kier molecular flexibility index (Phi) is 3.80. The summed E-state index contributed by atoms with van der Waals surface area (Å²) >= 11 is 0. The fourth-order valence-electron chi connectivity index (χ4n) is 1.88. The third-order valence-electron chi connectivity index (χ3n) is 2.68. The van der Waals surface area contributed by atoms with Crippen LogP contribution in [-0.2, 0) is 0 Å². The maximum atomic E-state index is 10.0. The summed E-state index contributed by atoms with van der Waals surface area (Å²) in [7, 11) is 0. The maximum Gasteiger partial charge on any atom is 0.0682 e. The van der Waals surface area contributed by atoms with Gasteiger partial charge in [0.1, 0.15) is 0 Å². The van der Waals surface area contributed by atoms with Crippen LogP contribution in [0.2, 0.25) is 0 Å². The molecule has 0 bridgehead atoms. The summed E-state index contributed by atoms with van der Waals surface area (Å²) in [6.45, 7) is 2.13. The van der Waals surface area contributed by atoms with Gasteiger partial charge in [0.25, 0.3) is 0 Å². The molecule has 12 heavy (non-hydrogen) atoms. The molecule has 0 aromatic rings. The fraction of sp³-hybridized carbons (Fsp3) is 0.818. The molecule has 1 N–H and O–H groups in total. The Morgan fingerprint density at radius 3 is 2.42 bits per heavy atom.